The van der Waals surface area contributed by atoms with Gasteiger partial charge in [-0.2, -0.15) is 0 Å². The van der Waals surface area contributed by atoms with Crippen LogP contribution >= 0.6 is 15.2 Å². The van der Waals surface area contributed by atoms with Crippen LogP contribution in [0.2, 0.25) is 0 Å². The molecule has 2 aromatic rings. The van der Waals surface area contributed by atoms with Gasteiger partial charge in [0.15, 0.2) is 23.6 Å². The van der Waals surface area contributed by atoms with E-state index in [9.17, 15) is 19.1 Å². The Kier molecular flexibility index (Phi) is 10.9. The van der Waals surface area contributed by atoms with Gasteiger partial charge in [0.05, 0.1) is 46.0 Å². The van der Waals surface area contributed by atoms with Crippen LogP contribution in [0.4, 0.5) is 5.82 Å². The number of aromatic nitrogens is 4. The molecule has 0 saturated carbocycles. The summed E-state index contributed by atoms with van der Waals surface area (Å²) in [6.07, 6.45) is -2.14. The van der Waals surface area contributed by atoms with Gasteiger partial charge in [-0.25, -0.2) is 15.0 Å². The Morgan fingerprint density at radius 3 is 2.55 bits per heavy atom. The number of nitrogens with two attached hydrogens (primary N) is 1. The molecular formula is C17H28N8O11P2. The third-order valence-electron chi connectivity index (χ3n) is 5.09. The summed E-state index contributed by atoms with van der Waals surface area (Å²) in [5, 5.41) is 14.2. The van der Waals surface area contributed by atoms with E-state index in [2.05, 4.69) is 25.0 Å². The lowest BCUT2D eigenvalue weighted by molar-refractivity contribution is -0.0829. The summed E-state index contributed by atoms with van der Waals surface area (Å²) in [7, 11) is -9.53. The molecule has 1 aliphatic heterocycles. The van der Waals surface area contributed by atoms with E-state index in [0.717, 1.165) is 0 Å². The van der Waals surface area contributed by atoms with Crippen molar-refractivity contribution in [1.29, 1.82) is 0 Å². The Morgan fingerprint density at radius 2 is 1.84 bits per heavy atom. The summed E-state index contributed by atoms with van der Waals surface area (Å²) in [5.41, 5.74) is 14.6. The molecule has 5 unspecified atom stereocenters. The Balaban J connectivity index is 1.63. The number of anilines is 1. The van der Waals surface area contributed by atoms with E-state index in [0.29, 0.717) is 0 Å². The van der Waals surface area contributed by atoms with Crippen molar-refractivity contribution >= 4 is 32.2 Å². The first-order valence-corrected chi connectivity index (χ1v) is 14.6. The van der Waals surface area contributed by atoms with Crippen molar-refractivity contribution in [3.8, 4) is 0 Å². The molecule has 2 aromatic heterocycles. The van der Waals surface area contributed by atoms with Crippen molar-refractivity contribution in [2.24, 2.45) is 5.11 Å². The van der Waals surface area contributed by atoms with Crippen LogP contribution in [0.5, 0.6) is 0 Å². The summed E-state index contributed by atoms with van der Waals surface area (Å²) in [6, 6.07) is 0. The van der Waals surface area contributed by atoms with E-state index in [-0.39, 0.29) is 56.6 Å². The number of imidazole rings is 1. The van der Waals surface area contributed by atoms with Crippen molar-refractivity contribution in [3.63, 3.8) is 0 Å². The van der Waals surface area contributed by atoms with E-state index in [1.165, 1.54) is 17.2 Å². The standard InChI is InChI=1S/C17H28N8O11P2/c18-15-12-16(21-8-20-15)25(9-22-12)17-14(34-6-5-33-4-3-32-2-1-23-24-19)13(26)11(36-17)7-35-38(30,31)10-37(27,28)29/h8-9,11,13-14,17,26H,1-7,10H2,(H,30,31)(H2,18,20,21)(H2,27,28,29). The van der Waals surface area contributed by atoms with E-state index in [4.69, 9.17) is 44.5 Å². The van der Waals surface area contributed by atoms with Crippen LogP contribution in [0.25, 0.3) is 21.6 Å². The van der Waals surface area contributed by atoms with Gasteiger partial charge in [-0.05, 0) is 5.53 Å². The number of ether oxygens (including phenoxy) is 4. The third kappa shape index (κ3) is 8.64. The number of rotatable bonds is 16. The van der Waals surface area contributed by atoms with Crippen LogP contribution in [-0.4, -0.2) is 110 Å². The van der Waals surface area contributed by atoms with Crippen LogP contribution in [0.15, 0.2) is 17.8 Å². The number of nitrogens with zero attached hydrogens (tertiary/aromatic N) is 7. The van der Waals surface area contributed by atoms with Crippen LogP contribution in [0, 0.1) is 0 Å². The van der Waals surface area contributed by atoms with E-state index >= 15 is 0 Å². The number of hydrogen-bond acceptors (Lipinski definition) is 13. The van der Waals surface area contributed by atoms with Crippen LogP contribution in [0.1, 0.15) is 6.23 Å². The second-order valence-electron chi connectivity index (χ2n) is 7.89. The van der Waals surface area contributed by atoms with Gasteiger partial charge >= 0.3 is 15.2 Å². The van der Waals surface area contributed by atoms with Crippen molar-refractivity contribution in [2.45, 2.75) is 24.5 Å². The molecule has 212 valence electrons. The molecule has 1 saturated heterocycles. The van der Waals surface area contributed by atoms with Crippen molar-refractivity contribution in [1.82, 2.24) is 19.5 Å². The topological polar surface area (TPSA) is 280 Å². The van der Waals surface area contributed by atoms with Gasteiger partial charge in [0.25, 0.3) is 0 Å². The van der Waals surface area contributed by atoms with Crippen LogP contribution in [0.3, 0.4) is 0 Å². The number of fused-ring (bicyclic) bond motifs is 1. The average molecular weight is 582 g/mol. The zero-order valence-corrected chi connectivity index (χ0v) is 21.7. The van der Waals surface area contributed by atoms with Crippen molar-refractivity contribution in [2.75, 3.05) is 57.8 Å². The third-order valence-corrected chi connectivity index (χ3v) is 8.54. The van der Waals surface area contributed by atoms with E-state index in [1.807, 2.05) is 0 Å². The molecule has 1 fully saturated rings. The predicted octanol–water partition coefficient (Wildman–Crippen LogP) is -0.267. The lowest BCUT2D eigenvalue weighted by atomic mass is 10.1. The molecule has 5 atom stereocenters. The first kappa shape index (κ1) is 30.3. The average Bonchev–Trinajstić information content (AvgIpc) is 3.39. The highest BCUT2D eigenvalue weighted by atomic mass is 31.2. The van der Waals surface area contributed by atoms with E-state index in [1.54, 1.807) is 0 Å². The molecule has 1 aliphatic rings. The highest BCUT2D eigenvalue weighted by Crippen LogP contribution is 2.55. The van der Waals surface area contributed by atoms with Crippen molar-refractivity contribution < 1.29 is 52.4 Å². The minimum atomic E-state index is -4.84. The summed E-state index contributed by atoms with van der Waals surface area (Å²) in [6.45, 7) is 0.406. The Morgan fingerprint density at radius 1 is 1.13 bits per heavy atom. The van der Waals surface area contributed by atoms with Gasteiger partial charge < -0.3 is 49.0 Å². The molecule has 6 N–H and O–H groups in total. The zero-order valence-electron chi connectivity index (χ0n) is 19.9. The number of hydrogen-bond donors (Lipinski definition) is 5. The van der Waals surface area contributed by atoms with Crippen LogP contribution < -0.4 is 5.73 Å². The van der Waals surface area contributed by atoms with Crippen LogP contribution in [-0.2, 0) is 32.6 Å². The summed E-state index contributed by atoms with van der Waals surface area (Å²) in [4.78, 5) is 42.5. The zero-order chi connectivity index (χ0) is 27.8. The quantitative estimate of drug-likeness (QED) is 0.0560. The lowest BCUT2D eigenvalue weighted by Crippen LogP contribution is -2.36. The molecule has 0 amide bonds. The molecule has 0 aliphatic carbocycles. The van der Waals surface area contributed by atoms with E-state index < -0.39 is 52.2 Å². The summed E-state index contributed by atoms with van der Waals surface area (Å²) < 4.78 is 51.7. The highest BCUT2D eigenvalue weighted by molar-refractivity contribution is 7.70. The highest BCUT2D eigenvalue weighted by Gasteiger charge is 2.47. The van der Waals surface area contributed by atoms with Gasteiger partial charge in [-0.3, -0.25) is 13.7 Å². The molecule has 3 heterocycles. The van der Waals surface area contributed by atoms with Gasteiger partial charge in [-0.1, -0.05) is 5.11 Å². The van der Waals surface area contributed by atoms with Gasteiger partial charge in [0.1, 0.15) is 30.2 Å². The number of aliphatic hydroxyl groups is 1. The smallest absolute Gasteiger partial charge is 0.340 e. The Bertz CT molecular complexity index is 1210. The molecule has 0 aromatic carbocycles. The molecule has 38 heavy (non-hydrogen) atoms. The lowest BCUT2D eigenvalue weighted by Gasteiger charge is -2.22. The first-order valence-electron chi connectivity index (χ1n) is 11.1. The molecule has 19 nitrogen and oxygen atoms in total. The predicted molar refractivity (Wildman–Crippen MR) is 128 cm³/mol. The maximum atomic E-state index is 12.0. The first-order chi connectivity index (χ1) is 18.0. The fraction of sp³-hybridized carbons (Fsp3) is 0.706. The normalized spacial score (nSPS) is 23.4. The minimum Gasteiger partial charge on any atom is -0.387 e. The number of aliphatic hydroxyl groups excluding tert-OH is 1. The monoisotopic (exact) mass is 582 g/mol. The number of azide groups is 1. The largest absolute Gasteiger partial charge is 0.387 e. The fourth-order valence-electron chi connectivity index (χ4n) is 3.49. The molecule has 21 heteroatoms. The number of nitrogen functional groups attached to an aromatic ring is 1. The molecule has 3 rings (SSSR count). The molecule has 0 bridgehead atoms. The molecule has 0 spiro atoms. The van der Waals surface area contributed by atoms with Crippen molar-refractivity contribution in [3.05, 3.63) is 23.1 Å². The maximum absolute atomic E-state index is 12.0. The Labute approximate surface area is 215 Å². The maximum Gasteiger partial charge on any atom is 0.340 e. The molecular weight excluding hydrogens is 554 g/mol. The second kappa shape index (κ2) is 13.7. The fourth-order valence-corrected chi connectivity index (χ4v) is 6.06. The molecule has 0 radical (unpaired) electrons. The summed E-state index contributed by atoms with van der Waals surface area (Å²) >= 11 is 0. The van der Waals surface area contributed by atoms with Gasteiger partial charge in [0.2, 0.25) is 0 Å². The Hall–Kier alpha value is -2.24. The second-order valence-corrected chi connectivity index (χ2v) is 11.9. The minimum absolute atomic E-state index is 0.00828. The van der Waals surface area contributed by atoms with Gasteiger partial charge in [-0.15, -0.1) is 0 Å². The van der Waals surface area contributed by atoms with Gasteiger partial charge in [0, 0.05) is 11.5 Å². The summed E-state index contributed by atoms with van der Waals surface area (Å²) in [5.74, 6) is -1.28. The SMILES string of the molecule is [N-]=[N+]=NCCOCCOCCOC1C(O)C(COP(=O)(O)CP(=O)(O)O)OC1n1cnc2c(N)ncnc21.